The van der Waals surface area contributed by atoms with Gasteiger partial charge in [0.25, 0.3) is 0 Å². The van der Waals surface area contributed by atoms with Crippen molar-refractivity contribution in [2.24, 2.45) is 5.92 Å². The van der Waals surface area contributed by atoms with E-state index in [1.165, 1.54) is 4.31 Å². The van der Waals surface area contributed by atoms with E-state index in [-0.39, 0.29) is 29.9 Å². The Morgan fingerprint density at radius 3 is 2.76 bits per heavy atom. The maximum Gasteiger partial charge on any atom is 0.243 e. The fraction of sp³-hybridized carbons (Fsp3) is 0.588. The molecule has 0 aromatic heterocycles. The first-order valence-corrected chi connectivity index (χ1v) is 10.0. The van der Waals surface area contributed by atoms with Gasteiger partial charge in [0.05, 0.1) is 24.0 Å². The lowest BCUT2D eigenvalue weighted by Gasteiger charge is -2.31. The summed E-state index contributed by atoms with van der Waals surface area (Å²) in [4.78, 5) is 12.5. The molecule has 25 heavy (non-hydrogen) atoms. The second-order valence-electron chi connectivity index (χ2n) is 6.00. The van der Waals surface area contributed by atoms with Crippen LogP contribution in [0.3, 0.4) is 0 Å². The van der Waals surface area contributed by atoms with Gasteiger partial charge in [-0.3, -0.25) is 4.79 Å². The molecule has 1 aliphatic heterocycles. The molecule has 0 spiro atoms. The van der Waals surface area contributed by atoms with Gasteiger partial charge in [0.1, 0.15) is 0 Å². The van der Waals surface area contributed by atoms with Crippen LogP contribution in [0.4, 0.5) is 0 Å². The topological polar surface area (TPSA) is 95.9 Å². The second kappa shape index (κ2) is 9.86. The molecule has 1 fully saturated rings. The monoisotopic (exact) mass is 370 g/mol. The van der Waals surface area contributed by atoms with E-state index in [1.807, 2.05) is 0 Å². The summed E-state index contributed by atoms with van der Waals surface area (Å²) in [5.74, 6) is -0.444. The number of nitrogens with one attached hydrogen (secondary N) is 1. The zero-order valence-electron chi connectivity index (χ0n) is 14.3. The number of carbonyl (C=O) groups excluding carboxylic acids is 1. The van der Waals surface area contributed by atoms with Crippen LogP contribution in [0.1, 0.15) is 19.3 Å². The van der Waals surface area contributed by atoms with E-state index >= 15 is 0 Å². The van der Waals surface area contributed by atoms with Gasteiger partial charge in [-0.2, -0.15) is 4.31 Å². The minimum atomic E-state index is -3.55. The van der Waals surface area contributed by atoms with E-state index in [9.17, 15) is 13.2 Å². The lowest BCUT2D eigenvalue weighted by Crippen LogP contribution is -2.45. The molecule has 1 aliphatic rings. The molecule has 0 bridgehead atoms. The summed E-state index contributed by atoms with van der Waals surface area (Å²) in [6, 6.07) is 8.31. The maximum absolute atomic E-state index is 12.7. The minimum Gasteiger partial charge on any atom is -0.394 e. The van der Waals surface area contributed by atoms with Crippen LogP contribution < -0.4 is 5.32 Å². The van der Waals surface area contributed by atoms with Crippen LogP contribution in [0.15, 0.2) is 35.2 Å². The summed E-state index contributed by atoms with van der Waals surface area (Å²) in [5.41, 5.74) is 0. The largest absolute Gasteiger partial charge is 0.394 e. The van der Waals surface area contributed by atoms with Gasteiger partial charge in [-0.1, -0.05) is 18.2 Å². The van der Waals surface area contributed by atoms with Crippen LogP contribution >= 0.6 is 0 Å². The van der Waals surface area contributed by atoms with Gasteiger partial charge < -0.3 is 15.2 Å². The summed E-state index contributed by atoms with van der Waals surface area (Å²) in [6.45, 7) is 1.88. The Balaban J connectivity index is 1.85. The molecule has 1 amide bonds. The van der Waals surface area contributed by atoms with Gasteiger partial charge in [0.2, 0.25) is 15.9 Å². The summed E-state index contributed by atoms with van der Waals surface area (Å²) in [6.07, 6.45) is 2.02. The molecule has 1 atom stereocenters. The molecule has 1 heterocycles. The van der Waals surface area contributed by atoms with Crippen molar-refractivity contribution in [3.05, 3.63) is 30.3 Å². The van der Waals surface area contributed by atoms with Gasteiger partial charge in [0.15, 0.2) is 0 Å². The Morgan fingerprint density at radius 1 is 1.28 bits per heavy atom. The van der Waals surface area contributed by atoms with Crippen LogP contribution in [-0.2, 0) is 19.6 Å². The number of ether oxygens (including phenoxy) is 1. The van der Waals surface area contributed by atoms with Gasteiger partial charge in [-0.25, -0.2) is 8.42 Å². The minimum absolute atomic E-state index is 0.0137. The molecule has 1 aromatic rings. The van der Waals surface area contributed by atoms with E-state index in [1.54, 1.807) is 30.3 Å². The second-order valence-corrected chi connectivity index (χ2v) is 7.93. The fourth-order valence-electron chi connectivity index (χ4n) is 2.81. The van der Waals surface area contributed by atoms with E-state index in [2.05, 4.69) is 5.32 Å². The molecule has 1 saturated heterocycles. The van der Waals surface area contributed by atoms with Crippen molar-refractivity contribution in [2.45, 2.75) is 24.2 Å². The van der Waals surface area contributed by atoms with Gasteiger partial charge in [-0.05, 0) is 31.4 Å². The predicted molar refractivity (Wildman–Crippen MR) is 93.5 cm³/mol. The van der Waals surface area contributed by atoms with Crippen LogP contribution in [0.25, 0.3) is 0 Å². The zero-order valence-corrected chi connectivity index (χ0v) is 15.1. The standard InChI is InChI=1S/C17H26N2O5S/c20-11-13-24-12-5-9-18-17(21)15-6-4-10-19(14-15)25(22,23)16-7-2-1-3-8-16/h1-3,7-8,15,20H,4-6,9-14H2,(H,18,21)/t15-/m1/s1. The molecule has 2 N–H and O–H groups in total. The van der Waals surface area contributed by atoms with Gasteiger partial charge in [-0.15, -0.1) is 0 Å². The average molecular weight is 370 g/mol. The number of nitrogens with zero attached hydrogens (tertiary/aromatic N) is 1. The highest BCUT2D eigenvalue weighted by atomic mass is 32.2. The SMILES string of the molecule is O=C(NCCCOCCO)[C@@H]1CCCN(S(=O)(=O)c2ccccc2)C1. The van der Waals surface area contributed by atoms with Crippen LogP contribution in [0.5, 0.6) is 0 Å². The number of hydrogen-bond donors (Lipinski definition) is 2. The first-order chi connectivity index (χ1) is 12.1. The smallest absolute Gasteiger partial charge is 0.243 e. The van der Waals surface area contributed by atoms with Crippen molar-refractivity contribution in [3.8, 4) is 0 Å². The Hall–Kier alpha value is -1.48. The number of benzene rings is 1. The number of piperidine rings is 1. The third-order valence-corrected chi connectivity index (χ3v) is 6.02. The van der Waals surface area contributed by atoms with E-state index in [4.69, 9.17) is 9.84 Å². The Morgan fingerprint density at radius 2 is 2.04 bits per heavy atom. The highest BCUT2D eigenvalue weighted by Crippen LogP contribution is 2.23. The molecular formula is C17H26N2O5S. The van der Waals surface area contributed by atoms with Crippen LogP contribution in [-0.4, -0.2) is 63.2 Å². The van der Waals surface area contributed by atoms with Gasteiger partial charge >= 0.3 is 0 Å². The molecule has 1 aromatic carbocycles. The van der Waals surface area contributed by atoms with Crippen molar-refractivity contribution in [3.63, 3.8) is 0 Å². The summed E-state index contributed by atoms with van der Waals surface area (Å²) in [5, 5.41) is 11.4. The molecule has 0 saturated carbocycles. The predicted octanol–water partition coefficient (Wildman–Crippen LogP) is 0.603. The molecule has 2 rings (SSSR count). The molecule has 8 heteroatoms. The van der Waals surface area contributed by atoms with Crippen molar-refractivity contribution in [1.29, 1.82) is 0 Å². The molecule has 0 unspecified atom stereocenters. The quantitative estimate of drug-likeness (QED) is 0.621. The number of carbonyl (C=O) groups is 1. The average Bonchev–Trinajstić information content (AvgIpc) is 2.65. The lowest BCUT2D eigenvalue weighted by molar-refractivity contribution is -0.126. The van der Waals surface area contributed by atoms with Crippen molar-refractivity contribution in [2.75, 3.05) is 39.5 Å². The van der Waals surface area contributed by atoms with Crippen molar-refractivity contribution >= 4 is 15.9 Å². The summed E-state index contributed by atoms with van der Waals surface area (Å²) < 4.78 is 31.9. The number of hydrogen-bond acceptors (Lipinski definition) is 5. The first kappa shape index (κ1) is 19.8. The van der Waals surface area contributed by atoms with E-state index < -0.39 is 10.0 Å². The van der Waals surface area contributed by atoms with Crippen LogP contribution in [0.2, 0.25) is 0 Å². The van der Waals surface area contributed by atoms with Crippen molar-refractivity contribution in [1.82, 2.24) is 9.62 Å². The highest BCUT2D eigenvalue weighted by molar-refractivity contribution is 7.89. The normalized spacial score (nSPS) is 18.8. The Labute approximate surface area is 149 Å². The number of aliphatic hydroxyl groups excluding tert-OH is 1. The Kier molecular flexibility index (Phi) is 7.83. The number of sulfonamides is 1. The van der Waals surface area contributed by atoms with E-state index in [0.717, 1.165) is 0 Å². The van der Waals surface area contributed by atoms with E-state index in [0.29, 0.717) is 45.6 Å². The molecule has 0 aliphatic carbocycles. The molecule has 140 valence electrons. The lowest BCUT2D eigenvalue weighted by atomic mass is 9.99. The number of aliphatic hydroxyl groups is 1. The zero-order chi connectivity index (χ0) is 18.1. The first-order valence-electron chi connectivity index (χ1n) is 8.57. The summed E-state index contributed by atoms with van der Waals surface area (Å²) in [7, 11) is -3.55. The fourth-order valence-corrected chi connectivity index (χ4v) is 4.36. The highest BCUT2D eigenvalue weighted by Gasteiger charge is 2.33. The maximum atomic E-state index is 12.7. The van der Waals surface area contributed by atoms with Gasteiger partial charge in [0, 0.05) is 26.2 Å². The third kappa shape index (κ3) is 5.78. The van der Waals surface area contributed by atoms with Crippen molar-refractivity contribution < 1.29 is 23.1 Å². The summed E-state index contributed by atoms with van der Waals surface area (Å²) >= 11 is 0. The molecule has 7 nitrogen and oxygen atoms in total. The number of amides is 1. The number of rotatable bonds is 9. The molecular weight excluding hydrogens is 344 g/mol. The molecule has 0 radical (unpaired) electrons. The Bertz CT molecular complexity index is 636. The third-order valence-electron chi connectivity index (χ3n) is 4.14. The van der Waals surface area contributed by atoms with Crippen LogP contribution in [0, 0.1) is 5.92 Å².